The van der Waals surface area contributed by atoms with E-state index < -0.39 is 192 Å². The number of guanidine groups is 4. The van der Waals surface area contributed by atoms with E-state index in [-0.39, 0.29) is 120 Å². The fraction of sp³-hybridized carbons (Fsp3) is 0.705. The van der Waals surface area contributed by atoms with Crippen LogP contribution < -0.4 is 115 Å². The summed E-state index contributed by atoms with van der Waals surface area (Å²) in [6.07, 6.45) is 2.22. The minimum absolute atomic E-state index is 0.00448. The highest BCUT2D eigenvalue weighted by molar-refractivity contribution is 8.76. The Bertz CT molecular complexity index is 3040. The molecule has 1 aliphatic carbocycles. The van der Waals surface area contributed by atoms with Crippen molar-refractivity contribution in [3.63, 3.8) is 0 Å². The van der Waals surface area contributed by atoms with Crippen LogP contribution in [0.4, 0.5) is 0 Å². The first-order valence-electron chi connectivity index (χ1n) is 34.3. The zero-order valence-electron chi connectivity index (χ0n) is 59.5. The molecule has 1 heterocycles. The van der Waals surface area contributed by atoms with Crippen molar-refractivity contribution in [2.75, 3.05) is 50.8 Å². The third kappa shape index (κ3) is 35.5. The Hall–Kier alpha value is -9.68. The highest BCUT2D eigenvalue weighted by atomic mass is 33.1. The fourth-order valence-electron chi connectivity index (χ4n) is 10.5. The summed E-state index contributed by atoms with van der Waals surface area (Å²) in [4.78, 5) is 210. The lowest BCUT2D eigenvalue weighted by Crippen LogP contribution is -2.61. The van der Waals surface area contributed by atoms with Crippen molar-refractivity contribution in [3.8, 4) is 0 Å². The molecule has 1 saturated heterocycles. The first-order valence-corrected chi connectivity index (χ1v) is 36.8. The van der Waals surface area contributed by atoms with E-state index in [1.165, 1.54) is 6.92 Å². The first-order chi connectivity index (χ1) is 49.1. The number of nitrogens with one attached hydrogen (secondary N) is 12. The van der Waals surface area contributed by atoms with Crippen LogP contribution in [0.5, 0.6) is 0 Å². The van der Waals surface area contributed by atoms with E-state index in [0.717, 1.165) is 28.0 Å². The van der Waals surface area contributed by atoms with Gasteiger partial charge in [-0.05, 0) is 88.9 Å². The molecule has 0 unspecified atom stereocenters. The van der Waals surface area contributed by atoms with Gasteiger partial charge in [0.1, 0.15) is 60.4 Å². The van der Waals surface area contributed by atoms with Crippen LogP contribution in [-0.2, 0) is 67.1 Å². The number of hydrogen-bond donors (Lipinski definition) is 23. The summed E-state index contributed by atoms with van der Waals surface area (Å²) in [6, 6.07) is -16.7. The second-order valence-corrected chi connectivity index (χ2v) is 27.7. The molecule has 1 saturated carbocycles. The molecule has 586 valence electrons. The molecule has 2 aliphatic rings. The summed E-state index contributed by atoms with van der Waals surface area (Å²) in [5.41, 5.74) is 50.3. The molecule has 12 amide bonds. The molecule has 2 rings (SSSR count). The number of aliphatic imine (C=N–C) groups is 4. The van der Waals surface area contributed by atoms with Crippen LogP contribution in [0.2, 0.25) is 0 Å². The number of carbonyl (C=O) groups excluding carboxylic acids is 12. The van der Waals surface area contributed by atoms with Crippen LogP contribution in [0, 0.1) is 17.8 Å². The molecule has 0 aromatic carbocycles. The number of hydrogen-bond acceptors (Lipinski definition) is 21. The number of rotatable bonds is 26. The number of aliphatic carboxylic acids is 2. The third-order valence-electron chi connectivity index (χ3n) is 16.8. The van der Waals surface area contributed by atoms with Gasteiger partial charge < -0.3 is 126 Å². The largest absolute Gasteiger partial charge is 0.481 e. The Morgan fingerprint density at radius 2 is 0.933 bits per heavy atom. The smallest absolute Gasteiger partial charge is 0.327 e. The molecule has 104 heavy (non-hydrogen) atoms. The van der Waals surface area contributed by atoms with Crippen LogP contribution in [0.15, 0.2) is 20.0 Å². The fourth-order valence-corrected chi connectivity index (χ4v) is 12.8. The molecular formula is C61H109N25O16S2. The molecule has 1 aliphatic heterocycles. The van der Waals surface area contributed by atoms with Gasteiger partial charge in [0.05, 0.1) is 25.6 Å². The molecule has 13 atom stereocenters. The quantitative estimate of drug-likeness (QED) is 0.0166. The maximum Gasteiger partial charge on any atom is 0.327 e. The molecule has 0 bridgehead atoms. The summed E-state index contributed by atoms with van der Waals surface area (Å²) in [5, 5.41) is 50.6. The minimum Gasteiger partial charge on any atom is -0.481 e. The number of nitrogens with zero attached hydrogens (tertiary/aromatic N) is 4. The van der Waals surface area contributed by atoms with Gasteiger partial charge in [-0.3, -0.25) is 82.3 Å². The number of carboxylic acid groups (broad SMARTS) is 2. The standard InChI is InChI=1S/C61H109N25O16S2/c1-6-30(3)44-55(99)77-32(5)47(91)79-36(19-13-23-73-60(67)68)49(93)83-40(57(101)102)29-104-103-28-39(82-48(92)34(62)17-11-21-71-58(63)64)53(97)86-46(33-15-9-8-10-16-33)54(98)76-26-41(87)75-27-42(88)78-35(18-12-22-72-59(65)66)50(94)85-45(31(4)7-2)56(100)81-38(25-43(89)90)52(96)80-37(51(95)84-44)20-14-24-74-61(69)70/h30-40,44-46H,6-29,62H2,1-5H3,(H,75,87)(H,76,98)(H,77,99)(H,78,88)(H,79,91)(H,80,96)(H,81,100)(H,82,92)(H,83,93)(H,84,95)(H,85,94)(H,86,97)(H,89,90)(H,101,102)(H4,63,64,71)(H4,65,66,72)(H4,67,68,73)(H4,69,70,74)/t30-,31-,32-,34+,35+,36+,37-,38+,39+,40+,44+,45-,46+/m0/s1. The van der Waals surface area contributed by atoms with Gasteiger partial charge in [0.2, 0.25) is 70.9 Å². The lowest BCUT2D eigenvalue weighted by molar-refractivity contribution is -0.142. The summed E-state index contributed by atoms with van der Waals surface area (Å²) < 4.78 is 0. The van der Waals surface area contributed by atoms with Crippen molar-refractivity contribution in [1.29, 1.82) is 0 Å². The zero-order valence-corrected chi connectivity index (χ0v) is 61.1. The van der Waals surface area contributed by atoms with E-state index in [9.17, 15) is 77.3 Å². The number of carboxylic acids is 2. The van der Waals surface area contributed by atoms with Crippen LogP contribution in [0.1, 0.15) is 137 Å². The highest BCUT2D eigenvalue weighted by Crippen LogP contribution is 2.28. The lowest BCUT2D eigenvalue weighted by atomic mass is 9.83. The normalized spacial score (nSPS) is 24.5. The monoisotopic (exact) mass is 1510 g/mol. The van der Waals surface area contributed by atoms with E-state index in [0.29, 0.717) is 25.7 Å². The van der Waals surface area contributed by atoms with Crippen LogP contribution in [0.3, 0.4) is 0 Å². The van der Waals surface area contributed by atoms with Crippen molar-refractivity contribution < 1.29 is 77.3 Å². The molecule has 0 aromatic heterocycles. The number of nitrogens with two attached hydrogens (primary N) is 9. The Balaban J connectivity index is 2.85. The molecule has 2 fully saturated rings. The topological polar surface area (TPSA) is 707 Å². The average molecular weight is 1510 g/mol. The van der Waals surface area contributed by atoms with Gasteiger partial charge in [-0.15, -0.1) is 0 Å². The Kier molecular flexibility index (Phi) is 42.0. The van der Waals surface area contributed by atoms with Crippen molar-refractivity contribution >= 4 is 128 Å². The Morgan fingerprint density at radius 1 is 0.500 bits per heavy atom. The molecule has 43 heteroatoms. The maximum atomic E-state index is 14.5. The summed E-state index contributed by atoms with van der Waals surface area (Å²) >= 11 is 0. The van der Waals surface area contributed by atoms with E-state index in [1.54, 1.807) is 27.7 Å². The summed E-state index contributed by atoms with van der Waals surface area (Å²) in [7, 11) is 1.76. The van der Waals surface area contributed by atoms with Crippen LogP contribution in [-0.4, -0.2) is 234 Å². The first kappa shape index (κ1) is 90.4. The zero-order chi connectivity index (χ0) is 78.2. The maximum absolute atomic E-state index is 14.5. The Labute approximate surface area is 610 Å². The van der Waals surface area contributed by atoms with Gasteiger partial charge in [-0.1, -0.05) is 81.4 Å². The van der Waals surface area contributed by atoms with Gasteiger partial charge in [0.25, 0.3) is 0 Å². The molecule has 0 aromatic rings. The molecule has 32 N–H and O–H groups in total. The third-order valence-corrected chi connectivity index (χ3v) is 19.2. The SMILES string of the molecule is CC[C@H](C)[C@@H]1NC(=O)[C@@H](CCCN=C(N)N)NC(=O)CNC(=O)CNC(=O)[C@@H](C2CCCCC2)NC(=O)[C@H](NC(=O)[C@H](N)CCCN=C(N)N)CSSC[C@H](C(=O)O)NC(=O)[C@@H](CCCN=C(N)N)NC(=O)[C@H](C)NC(=O)[C@@H]([C@@H](C)CC)NC(=O)[C@H](CCCN=C(N)N)NC(=O)[C@@H](CC(=O)O)NC1=O. The Morgan fingerprint density at radius 3 is 1.41 bits per heavy atom. The predicted molar refractivity (Wildman–Crippen MR) is 389 cm³/mol. The van der Waals surface area contributed by atoms with Crippen molar-refractivity contribution in [1.82, 2.24) is 63.8 Å². The molecule has 0 radical (unpaired) electrons. The van der Waals surface area contributed by atoms with Crippen LogP contribution >= 0.6 is 21.6 Å². The summed E-state index contributed by atoms with van der Waals surface area (Å²) in [6.45, 7) is 6.17. The molecule has 41 nitrogen and oxygen atoms in total. The van der Waals surface area contributed by atoms with Crippen molar-refractivity contribution in [3.05, 3.63) is 0 Å². The van der Waals surface area contributed by atoms with E-state index in [4.69, 9.17) is 51.6 Å². The minimum atomic E-state index is -1.95. The predicted octanol–water partition coefficient (Wildman–Crippen LogP) is -7.74. The van der Waals surface area contributed by atoms with Crippen molar-refractivity contribution in [2.45, 2.75) is 204 Å². The average Bonchev–Trinajstić information content (AvgIpc) is 0.851. The van der Waals surface area contributed by atoms with Gasteiger partial charge in [0, 0.05) is 37.7 Å². The second-order valence-electron chi connectivity index (χ2n) is 25.2. The van der Waals surface area contributed by atoms with E-state index >= 15 is 0 Å². The van der Waals surface area contributed by atoms with Crippen molar-refractivity contribution in [2.24, 2.45) is 89.3 Å². The van der Waals surface area contributed by atoms with Crippen LogP contribution in [0.25, 0.3) is 0 Å². The van der Waals surface area contributed by atoms with Gasteiger partial charge >= 0.3 is 11.9 Å². The molecular weight excluding hydrogens is 1400 g/mol. The summed E-state index contributed by atoms with van der Waals surface area (Å²) in [5.74, 6) is -18.3. The molecule has 0 spiro atoms. The van der Waals surface area contributed by atoms with E-state index in [1.807, 2.05) is 0 Å². The second kappa shape index (κ2) is 48.3. The van der Waals surface area contributed by atoms with E-state index in [2.05, 4.69) is 83.8 Å². The number of carbonyl (C=O) groups is 14. The number of amides is 12. The highest BCUT2D eigenvalue weighted by Gasteiger charge is 2.39. The van der Waals surface area contributed by atoms with Gasteiger partial charge in [0.15, 0.2) is 23.8 Å². The van der Waals surface area contributed by atoms with Gasteiger partial charge in [-0.2, -0.15) is 0 Å². The van der Waals surface area contributed by atoms with Gasteiger partial charge in [-0.25, -0.2) is 4.79 Å². The lowest BCUT2D eigenvalue weighted by Gasteiger charge is -2.31.